The summed E-state index contributed by atoms with van der Waals surface area (Å²) < 4.78 is 13.3. The molecule has 4 aromatic rings. The summed E-state index contributed by atoms with van der Waals surface area (Å²) in [5.74, 6) is 2.79. The van der Waals surface area contributed by atoms with E-state index in [9.17, 15) is 4.79 Å². The van der Waals surface area contributed by atoms with Crippen LogP contribution in [0, 0.1) is 0 Å². The number of quaternary nitrogens is 1. The average Bonchev–Trinajstić information content (AvgIpc) is 3.28. The molecule has 0 spiro atoms. The van der Waals surface area contributed by atoms with E-state index >= 15 is 0 Å². The van der Waals surface area contributed by atoms with Gasteiger partial charge in [0, 0.05) is 33.0 Å². The highest BCUT2D eigenvalue weighted by Crippen LogP contribution is 2.41. The van der Waals surface area contributed by atoms with Crippen LogP contribution in [0.1, 0.15) is 45.2 Å². The van der Waals surface area contributed by atoms with Gasteiger partial charge in [0.2, 0.25) is 5.91 Å². The molecule has 0 bridgehead atoms. The quantitative estimate of drug-likeness (QED) is 0.138. The van der Waals surface area contributed by atoms with Crippen LogP contribution in [-0.4, -0.2) is 80.1 Å². The summed E-state index contributed by atoms with van der Waals surface area (Å²) in [6.45, 7) is 14.5. The lowest BCUT2D eigenvalue weighted by molar-refractivity contribution is -0.941. The third-order valence-electron chi connectivity index (χ3n) is 10.0. The van der Waals surface area contributed by atoms with Crippen molar-refractivity contribution in [2.75, 3.05) is 56.8 Å². The number of nitrogens with one attached hydrogen (secondary N) is 1. The second-order valence-corrected chi connectivity index (χ2v) is 18.2. The first-order valence-corrected chi connectivity index (χ1v) is 18.9. The smallest absolute Gasteiger partial charge is 0.261 e. The van der Waals surface area contributed by atoms with Gasteiger partial charge in [-0.25, -0.2) is 19.6 Å². The fraction of sp³-hybridized carbons (Fsp3) is 0.395. The Bertz CT molecular complexity index is 1640. The van der Waals surface area contributed by atoms with E-state index in [4.69, 9.17) is 19.1 Å². The van der Waals surface area contributed by atoms with Gasteiger partial charge in [0.15, 0.2) is 5.82 Å². The van der Waals surface area contributed by atoms with E-state index in [0.717, 1.165) is 61.1 Å². The molecule has 1 saturated heterocycles. The molecule has 3 aromatic carbocycles. The molecule has 0 aliphatic carbocycles. The highest BCUT2D eigenvalue weighted by molar-refractivity contribution is 6.99. The number of aromatic nitrogens is 2. The number of methoxy groups -OCH3 is 1. The molecular weight excluding hydrogens is 617 g/mol. The van der Waals surface area contributed by atoms with Crippen molar-refractivity contribution in [1.82, 2.24) is 14.9 Å². The Morgan fingerprint density at radius 2 is 1.58 bits per heavy atom. The number of carbonyl (C=O) groups is 1. The fourth-order valence-corrected chi connectivity index (χ4v) is 12.2. The van der Waals surface area contributed by atoms with Crippen LogP contribution in [0.5, 0.6) is 5.75 Å². The summed E-state index contributed by atoms with van der Waals surface area (Å²) in [6.07, 6.45) is 2.53. The van der Waals surface area contributed by atoms with Crippen molar-refractivity contribution in [2.24, 2.45) is 0 Å². The van der Waals surface area contributed by atoms with Gasteiger partial charge in [0.1, 0.15) is 37.5 Å². The largest absolute Gasteiger partial charge is 0.497 e. The number of ether oxygens (including phenoxy) is 1. The third-order valence-corrected chi connectivity index (χ3v) is 15.1. The Kier molecular flexibility index (Phi) is 9.87. The van der Waals surface area contributed by atoms with Gasteiger partial charge in [-0.1, -0.05) is 93.6 Å². The molecule has 6 rings (SSSR count). The second kappa shape index (κ2) is 14.1. The molecule has 1 unspecified atom stereocenters. The van der Waals surface area contributed by atoms with Crippen molar-refractivity contribution in [3.05, 3.63) is 102 Å². The number of hydrogen-bond acceptors (Lipinski definition) is 7. The lowest BCUT2D eigenvalue weighted by atomic mass is 10.2. The molecule has 0 radical (unpaired) electrons. The van der Waals surface area contributed by atoms with Crippen molar-refractivity contribution in [2.45, 2.75) is 52.2 Å². The molecule has 10 heteroatoms. The number of fused-ring (bicyclic) bond motifs is 3. The lowest BCUT2D eigenvalue weighted by Crippen LogP contribution is -2.66. The van der Waals surface area contributed by atoms with Crippen molar-refractivity contribution >= 4 is 36.2 Å². The number of rotatable bonds is 11. The summed E-state index contributed by atoms with van der Waals surface area (Å²) in [4.78, 5) is 24.0. The van der Waals surface area contributed by atoms with Gasteiger partial charge < -0.3 is 19.4 Å². The van der Waals surface area contributed by atoms with E-state index < -0.39 is 8.32 Å². The standard InChI is InChI=1S/C38H49N6O3Si/c1-30(45)42-21-22-43-37-35(36(40-29-41-37)39-27-31-17-19-32(46-5)20-18-31)28-44(43,25-23-42)24-12-26-47-48(38(2,3)4,33-13-8-6-9-14-33)34-15-10-7-11-16-34/h6-11,13-20,29H,12,21-28H2,1-5H3,(H,39,40,41)/q+1. The van der Waals surface area contributed by atoms with Crippen LogP contribution in [0.3, 0.4) is 0 Å². The summed E-state index contributed by atoms with van der Waals surface area (Å²) in [7, 11) is -0.963. The zero-order valence-electron chi connectivity index (χ0n) is 29.0. The molecule has 252 valence electrons. The van der Waals surface area contributed by atoms with Crippen molar-refractivity contribution < 1.29 is 18.5 Å². The number of amides is 1. The molecule has 9 nitrogen and oxygen atoms in total. The predicted molar refractivity (Wildman–Crippen MR) is 194 cm³/mol. The van der Waals surface area contributed by atoms with Gasteiger partial charge in [-0.15, -0.1) is 0 Å². The van der Waals surface area contributed by atoms with Crippen LogP contribution in [0.4, 0.5) is 11.6 Å². The highest BCUT2D eigenvalue weighted by Gasteiger charge is 2.51. The zero-order chi connectivity index (χ0) is 33.8. The van der Waals surface area contributed by atoms with Gasteiger partial charge in [-0.05, 0) is 33.1 Å². The zero-order valence-corrected chi connectivity index (χ0v) is 30.0. The minimum Gasteiger partial charge on any atom is -0.497 e. The molecule has 2 aliphatic rings. The predicted octanol–water partition coefficient (Wildman–Crippen LogP) is 4.98. The fourth-order valence-electron chi connectivity index (χ4n) is 7.56. The summed E-state index contributed by atoms with van der Waals surface area (Å²) >= 11 is 0. The van der Waals surface area contributed by atoms with Gasteiger partial charge >= 0.3 is 0 Å². The minimum absolute atomic E-state index is 0.0805. The summed E-state index contributed by atoms with van der Waals surface area (Å²) in [6, 6.07) is 29.8. The minimum atomic E-state index is -2.64. The SMILES string of the molecule is COc1ccc(CNc2ncnc3c2C[N+]2(CCCO[Si](c4ccccc4)(c4ccccc4)C(C)(C)C)CCN(C(C)=O)CCN32)cc1. The summed E-state index contributed by atoms with van der Waals surface area (Å²) in [5, 5.41) is 8.52. The van der Waals surface area contributed by atoms with E-state index in [2.05, 4.69) is 104 Å². The number of nitrogens with zero attached hydrogens (tertiary/aromatic N) is 5. The van der Waals surface area contributed by atoms with E-state index in [0.29, 0.717) is 30.8 Å². The number of benzene rings is 3. The lowest BCUT2D eigenvalue weighted by Gasteiger charge is -2.43. The van der Waals surface area contributed by atoms with Gasteiger partial charge in [-0.3, -0.25) is 4.79 Å². The topological polar surface area (TPSA) is 79.8 Å². The maximum atomic E-state index is 12.5. The Morgan fingerprint density at radius 1 is 0.917 bits per heavy atom. The van der Waals surface area contributed by atoms with Crippen LogP contribution in [-0.2, 0) is 22.3 Å². The van der Waals surface area contributed by atoms with Crippen LogP contribution >= 0.6 is 0 Å². The number of carbonyl (C=O) groups excluding carboxylic acids is 1. The Morgan fingerprint density at radius 3 is 2.19 bits per heavy atom. The first kappa shape index (κ1) is 33.6. The van der Waals surface area contributed by atoms with Crippen LogP contribution in [0.2, 0.25) is 5.04 Å². The molecule has 3 heterocycles. The monoisotopic (exact) mass is 665 g/mol. The Labute approximate surface area is 286 Å². The molecule has 1 fully saturated rings. The van der Waals surface area contributed by atoms with E-state index in [1.54, 1.807) is 20.4 Å². The van der Waals surface area contributed by atoms with Gasteiger partial charge in [0.05, 0.1) is 25.8 Å². The Hall–Kier alpha value is -4.25. The normalized spacial score (nSPS) is 17.8. The number of anilines is 2. The molecule has 2 aliphatic heterocycles. The van der Waals surface area contributed by atoms with E-state index in [-0.39, 0.29) is 10.9 Å². The Balaban J connectivity index is 1.25. The van der Waals surface area contributed by atoms with Crippen molar-refractivity contribution in [3.63, 3.8) is 0 Å². The molecule has 48 heavy (non-hydrogen) atoms. The van der Waals surface area contributed by atoms with Crippen molar-refractivity contribution in [1.29, 1.82) is 0 Å². The average molecular weight is 666 g/mol. The maximum Gasteiger partial charge on any atom is 0.261 e. The molecule has 1 amide bonds. The van der Waals surface area contributed by atoms with Gasteiger partial charge in [-0.2, -0.15) is 0 Å². The van der Waals surface area contributed by atoms with Crippen LogP contribution < -0.4 is 25.4 Å². The molecular formula is C38H49N6O3Si+. The van der Waals surface area contributed by atoms with E-state index in [1.807, 2.05) is 17.0 Å². The van der Waals surface area contributed by atoms with Crippen molar-refractivity contribution in [3.8, 4) is 5.75 Å². The second-order valence-electron chi connectivity index (χ2n) is 13.9. The summed E-state index contributed by atoms with van der Waals surface area (Å²) in [5.41, 5.74) is 2.28. The number of hydrogen-bond donors (Lipinski definition) is 1. The van der Waals surface area contributed by atoms with Crippen LogP contribution in [0.15, 0.2) is 91.3 Å². The maximum absolute atomic E-state index is 12.5. The van der Waals surface area contributed by atoms with Gasteiger partial charge in [0.25, 0.3) is 8.32 Å². The molecule has 1 atom stereocenters. The highest BCUT2D eigenvalue weighted by atomic mass is 28.4. The molecule has 1 N–H and O–H groups in total. The molecule has 0 saturated carbocycles. The third kappa shape index (κ3) is 6.57. The first-order valence-electron chi connectivity index (χ1n) is 17.0. The first-order chi connectivity index (χ1) is 23.2. The molecule has 1 aromatic heterocycles. The van der Waals surface area contributed by atoms with E-state index in [1.165, 1.54) is 10.4 Å². The van der Waals surface area contributed by atoms with Crippen LogP contribution in [0.25, 0.3) is 0 Å².